The Bertz CT molecular complexity index is 751. The molecule has 1 aromatic carbocycles. The number of likely N-dealkylation sites (tertiary alicyclic amines) is 1. The molecule has 0 radical (unpaired) electrons. The van der Waals surface area contributed by atoms with Gasteiger partial charge in [-0.3, -0.25) is 9.59 Å². The third kappa shape index (κ3) is 4.82. The minimum Gasteiger partial charge on any atom is -0.497 e. The summed E-state index contributed by atoms with van der Waals surface area (Å²) in [6, 6.07) is 7.60. The Labute approximate surface area is 156 Å². The van der Waals surface area contributed by atoms with Crippen LogP contribution in [0.25, 0.3) is 10.6 Å². The van der Waals surface area contributed by atoms with Crippen LogP contribution in [0.15, 0.2) is 29.6 Å². The van der Waals surface area contributed by atoms with Gasteiger partial charge in [0.05, 0.1) is 19.2 Å². The highest BCUT2D eigenvalue weighted by Gasteiger charge is 2.18. The molecule has 0 saturated carbocycles. The number of thiazole rings is 1. The van der Waals surface area contributed by atoms with Gasteiger partial charge in [0.2, 0.25) is 0 Å². The lowest BCUT2D eigenvalue weighted by Gasteiger charge is -2.26. The Hall–Kier alpha value is -2.41. The molecular formula is C19H22N2O4S. The molecule has 1 amide bonds. The zero-order chi connectivity index (χ0) is 18.4. The van der Waals surface area contributed by atoms with Crippen molar-refractivity contribution in [2.24, 2.45) is 0 Å². The van der Waals surface area contributed by atoms with Gasteiger partial charge in [0.15, 0.2) is 6.61 Å². The van der Waals surface area contributed by atoms with Gasteiger partial charge in [0, 0.05) is 24.0 Å². The number of nitrogens with zero attached hydrogens (tertiary/aromatic N) is 2. The van der Waals surface area contributed by atoms with Crippen LogP contribution in [0.4, 0.5) is 0 Å². The Balaban J connectivity index is 1.50. The van der Waals surface area contributed by atoms with Gasteiger partial charge >= 0.3 is 5.97 Å². The van der Waals surface area contributed by atoms with Crippen molar-refractivity contribution in [3.8, 4) is 16.3 Å². The lowest BCUT2D eigenvalue weighted by atomic mass is 10.1. The van der Waals surface area contributed by atoms with E-state index in [0.717, 1.165) is 48.7 Å². The molecule has 0 unspecified atom stereocenters. The minimum absolute atomic E-state index is 0.0694. The van der Waals surface area contributed by atoms with Crippen molar-refractivity contribution >= 4 is 23.2 Å². The van der Waals surface area contributed by atoms with Gasteiger partial charge < -0.3 is 14.4 Å². The van der Waals surface area contributed by atoms with Crippen molar-refractivity contribution in [1.82, 2.24) is 9.88 Å². The fraction of sp³-hybridized carbons (Fsp3) is 0.421. The summed E-state index contributed by atoms with van der Waals surface area (Å²) in [5.74, 6) is 0.240. The van der Waals surface area contributed by atoms with Crippen molar-refractivity contribution in [1.29, 1.82) is 0 Å². The molecule has 138 valence electrons. The van der Waals surface area contributed by atoms with E-state index in [1.807, 2.05) is 29.6 Å². The van der Waals surface area contributed by atoms with E-state index in [2.05, 4.69) is 4.98 Å². The van der Waals surface area contributed by atoms with Crippen LogP contribution in [-0.4, -0.2) is 48.6 Å². The van der Waals surface area contributed by atoms with Crippen LogP contribution >= 0.6 is 11.3 Å². The second-order valence-corrected chi connectivity index (χ2v) is 7.01. The quantitative estimate of drug-likeness (QED) is 0.727. The van der Waals surface area contributed by atoms with E-state index in [9.17, 15) is 9.59 Å². The van der Waals surface area contributed by atoms with E-state index >= 15 is 0 Å². The number of amides is 1. The van der Waals surface area contributed by atoms with Crippen molar-refractivity contribution in [2.45, 2.75) is 25.7 Å². The van der Waals surface area contributed by atoms with E-state index in [4.69, 9.17) is 9.47 Å². The second-order valence-electron chi connectivity index (χ2n) is 6.15. The molecule has 1 fully saturated rings. The summed E-state index contributed by atoms with van der Waals surface area (Å²) in [5, 5.41) is 2.67. The lowest BCUT2D eigenvalue weighted by Crippen LogP contribution is -2.38. The van der Waals surface area contributed by atoms with Gasteiger partial charge in [-0.2, -0.15) is 0 Å². The Kier molecular flexibility index (Phi) is 6.22. The van der Waals surface area contributed by atoms with Crippen LogP contribution in [0.3, 0.4) is 0 Å². The molecule has 7 heteroatoms. The maximum Gasteiger partial charge on any atom is 0.312 e. The second kappa shape index (κ2) is 8.80. The number of hydrogen-bond donors (Lipinski definition) is 0. The highest BCUT2D eigenvalue weighted by molar-refractivity contribution is 7.13. The predicted molar refractivity (Wildman–Crippen MR) is 99.2 cm³/mol. The number of aromatic nitrogens is 1. The van der Waals surface area contributed by atoms with Crippen molar-refractivity contribution in [2.75, 3.05) is 26.8 Å². The first-order valence-corrected chi connectivity index (χ1v) is 9.56. The lowest BCUT2D eigenvalue weighted by molar-refractivity contribution is -0.151. The molecule has 3 rings (SSSR count). The Morgan fingerprint density at radius 2 is 1.88 bits per heavy atom. The molecule has 6 nitrogen and oxygen atoms in total. The SMILES string of the molecule is COc1ccc(-c2nc(CC(=O)OCC(=O)N3CCCCC3)cs2)cc1. The topological polar surface area (TPSA) is 68.7 Å². The number of carbonyl (C=O) groups is 2. The summed E-state index contributed by atoms with van der Waals surface area (Å²) < 4.78 is 10.3. The number of benzene rings is 1. The maximum absolute atomic E-state index is 12.0. The van der Waals surface area contributed by atoms with Crippen LogP contribution in [0.5, 0.6) is 5.75 Å². The summed E-state index contributed by atoms with van der Waals surface area (Å²) >= 11 is 1.47. The third-order valence-corrected chi connectivity index (χ3v) is 5.22. The average molecular weight is 374 g/mol. The van der Waals surface area contributed by atoms with Gasteiger partial charge in [0.1, 0.15) is 10.8 Å². The minimum atomic E-state index is -0.429. The third-order valence-electron chi connectivity index (χ3n) is 4.28. The zero-order valence-corrected chi connectivity index (χ0v) is 15.6. The van der Waals surface area contributed by atoms with E-state index in [-0.39, 0.29) is 18.9 Å². The van der Waals surface area contributed by atoms with Gasteiger partial charge in [-0.1, -0.05) is 0 Å². The first-order chi connectivity index (χ1) is 12.7. The van der Waals surface area contributed by atoms with Crippen LogP contribution in [0.2, 0.25) is 0 Å². The van der Waals surface area contributed by atoms with Gasteiger partial charge in [-0.05, 0) is 43.5 Å². The first-order valence-electron chi connectivity index (χ1n) is 8.68. The molecule has 26 heavy (non-hydrogen) atoms. The first kappa shape index (κ1) is 18.4. The molecule has 1 aliphatic rings. The molecule has 0 N–H and O–H groups in total. The number of hydrogen-bond acceptors (Lipinski definition) is 6. The standard InChI is InChI=1S/C19H22N2O4S/c1-24-16-7-5-14(6-8-16)19-20-15(13-26-19)11-18(23)25-12-17(22)21-9-3-2-4-10-21/h5-8,13H,2-4,9-12H2,1H3. The zero-order valence-electron chi connectivity index (χ0n) is 14.8. The largest absolute Gasteiger partial charge is 0.497 e. The molecule has 0 aliphatic carbocycles. The number of ether oxygens (including phenoxy) is 2. The van der Waals surface area contributed by atoms with Crippen molar-refractivity contribution in [3.05, 3.63) is 35.3 Å². The van der Waals surface area contributed by atoms with Gasteiger partial charge in [-0.15, -0.1) is 11.3 Å². The Morgan fingerprint density at radius 1 is 1.15 bits per heavy atom. The van der Waals surface area contributed by atoms with Crippen molar-refractivity contribution in [3.63, 3.8) is 0 Å². The summed E-state index contributed by atoms with van der Waals surface area (Å²) in [5.41, 5.74) is 1.62. The predicted octanol–water partition coefficient (Wildman–Crippen LogP) is 2.92. The van der Waals surface area contributed by atoms with E-state index in [1.54, 1.807) is 12.0 Å². The number of methoxy groups -OCH3 is 1. The maximum atomic E-state index is 12.0. The number of esters is 1. The fourth-order valence-electron chi connectivity index (χ4n) is 2.83. The van der Waals surface area contributed by atoms with Gasteiger partial charge in [-0.25, -0.2) is 4.98 Å². The summed E-state index contributed by atoms with van der Waals surface area (Å²) in [4.78, 5) is 30.2. The molecular weight excluding hydrogens is 352 g/mol. The highest BCUT2D eigenvalue weighted by atomic mass is 32.1. The molecule has 1 aromatic heterocycles. The van der Waals surface area contributed by atoms with Crippen LogP contribution in [-0.2, 0) is 20.7 Å². The summed E-state index contributed by atoms with van der Waals surface area (Å²) in [6.07, 6.45) is 3.27. The molecule has 2 aromatic rings. The van der Waals surface area contributed by atoms with Crippen LogP contribution < -0.4 is 4.74 Å². The Morgan fingerprint density at radius 3 is 2.58 bits per heavy atom. The number of piperidine rings is 1. The number of rotatable bonds is 6. The van der Waals surface area contributed by atoms with E-state index in [1.165, 1.54) is 11.3 Å². The van der Waals surface area contributed by atoms with Crippen molar-refractivity contribution < 1.29 is 19.1 Å². The van der Waals surface area contributed by atoms with E-state index < -0.39 is 5.97 Å². The summed E-state index contributed by atoms with van der Waals surface area (Å²) in [7, 11) is 1.62. The van der Waals surface area contributed by atoms with Crippen LogP contribution in [0, 0.1) is 0 Å². The average Bonchev–Trinajstić information content (AvgIpc) is 3.15. The monoisotopic (exact) mass is 374 g/mol. The van der Waals surface area contributed by atoms with Crippen LogP contribution in [0.1, 0.15) is 25.0 Å². The molecule has 0 bridgehead atoms. The highest BCUT2D eigenvalue weighted by Crippen LogP contribution is 2.25. The smallest absolute Gasteiger partial charge is 0.312 e. The normalized spacial score (nSPS) is 14.1. The molecule has 1 saturated heterocycles. The van der Waals surface area contributed by atoms with E-state index in [0.29, 0.717) is 5.69 Å². The number of carbonyl (C=O) groups excluding carboxylic acids is 2. The molecule has 2 heterocycles. The molecule has 0 spiro atoms. The molecule has 1 aliphatic heterocycles. The molecule has 0 atom stereocenters. The summed E-state index contributed by atoms with van der Waals surface area (Å²) in [6.45, 7) is 1.33. The fourth-order valence-corrected chi connectivity index (χ4v) is 3.66. The van der Waals surface area contributed by atoms with Gasteiger partial charge in [0.25, 0.3) is 5.91 Å².